The van der Waals surface area contributed by atoms with Crippen LogP contribution in [0.2, 0.25) is 0 Å². The summed E-state index contributed by atoms with van der Waals surface area (Å²) in [5, 5.41) is 2.41. The molecule has 3 heterocycles. The van der Waals surface area contributed by atoms with Gasteiger partial charge in [-0.3, -0.25) is 9.59 Å². The van der Waals surface area contributed by atoms with Crippen molar-refractivity contribution >= 4 is 55.2 Å². The molecule has 39 heavy (non-hydrogen) atoms. The van der Waals surface area contributed by atoms with Gasteiger partial charge in [-0.1, -0.05) is 68.4 Å². The lowest BCUT2D eigenvalue weighted by Crippen LogP contribution is -2.31. The highest BCUT2D eigenvalue weighted by atomic mass is 16.1. The van der Waals surface area contributed by atoms with Gasteiger partial charge in [0.05, 0.1) is 27.9 Å². The molecule has 7 aromatic rings. The minimum absolute atomic E-state index is 0.0441. The van der Waals surface area contributed by atoms with Crippen molar-refractivity contribution in [3.63, 3.8) is 0 Å². The molecule has 0 fully saturated rings. The van der Waals surface area contributed by atoms with Gasteiger partial charge in [-0.25, -0.2) is 0 Å². The van der Waals surface area contributed by atoms with Crippen molar-refractivity contribution < 1.29 is 0 Å². The summed E-state index contributed by atoms with van der Waals surface area (Å²) in [7, 11) is 0. The number of fused-ring (bicyclic) bond motifs is 6. The van der Waals surface area contributed by atoms with E-state index >= 15 is 0 Å². The Balaban J connectivity index is 1.62. The van der Waals surface area contributed by atoms with Crippen molar-refractivity contribution in [2.75, 3.05) is 4.90 Å². The maximum Gasteiger partial charge on any atom is 0.197 e. The molecular formula is C35H24N2O2. The molecule has 1 aliphatic heterocycles. The Labute approximate surface area is 224 Å². The molecule has 8 rings (SSSR count). The van der Waals surface area contributed by atoms with Crippen LogP contribution in [0, 0.1) is 0 Å². The monoisotopic (exact) mass is 504 g/mol. The molecule has 0 unspecified atom stereocenters. The van der Waals surface area contributed by atoms with E-state index in [0.717, 1.165) is 33.7 Å². The third-order valence-electron chi connectivity index (χ3n) is 8.48. The number of para-hydroxylation sites is 4. The molecular weight excluding hydrogens is 480 g/mol. The summed E-state index contributed by atoms with van der Waals surface area (Å²) in [6.45, 7) is 4.49. The molecule has 0 aliphatic carbocycles. The van der Waals surface area contributed by atoms with Crippen molar-refractivity contribution in [1.82, 2.24) is 4.40 Å². The molecule has 0 saturated heterocycles. The average molecular weight is 505 g/mol. The van der Waals surface area contributed by atoms with E-state index in [1.54, 1.807) is 0 Å². The van der Waals surface area contributed by atoms with Crippen molar-refractivity contribution in [2.45, 2.75) is 19.3 Å². The van der Waals surface area contributed by atoms with Crippen molar-refractivity contribution in [3.05, 3.63) is 141 Å². The summed E-state index contributed by atoms with van der Waals surface area (Å²) in [5.41, 5.74) is 7.40. The smallest absolute Gasteiger partial charge is 0.197 e. The fourth-order valence-electron chi connectivity index (χ4n) is 6.63. The number of anilines is 3. The van der Waals surface area contributed by atoms with Gasteiger partial charge in [-0.15, -0.1) is 0 Å². The van der Waals surface area contributed by atoms with Gasteiger partial charge >= 0.3 is 0 Å². The van der Waals surface area contributed by atoms with Crippen LogP contribution in [0.15, 0.2) is 119 Å². The van der Waals surface area contributed by atoms with Crippen LogP contribution in [0.4, 0.5) is 17.1 Å². The van der Waals surface area contributed by atoms with Gasteiger partial charge in [0.2, 0.25) is 0 Å². The van der Waals surface area contributed by atoms with Crippen LogP contribution in [-0.2, 0) is 5.41 Å². The van der Waals surface area contributed by atoms with E-state index in [4.69, 9.17) is 0 Å². The third-order valence-corrected chi connectivity index (χ3v) is 8.48. The van der Waals surface area contributed by atoms with E-state index < -0.39 is 0 Å². The summed E-state index contributed by atoms with van der Waals surface area (Å²) >= 11 is 0. The molecule has 4 nitrogen and oxygen atoms in total. The van der Waals surface area contributed by atoms with Gasteiger partial charge < -0.3 is 9.30 Å². The van der Waals surface area contributed by atoms with E-state index in [2.05, 4.69) is 71.7 Å². The summed E-state index contributed by atoms with van der Waals surface area (Å²) < 4.78 is 2.13. The predicted octanol–water partition coefficient (Wildman–Crippen LogP) is 7.67. The quantitative estimate of drug-likeness (QED) is 0.170. The minimum atomic E-state index is -0.319. The van der Waals surface area contributed by atoms with Crippen molar-refractivity contribution in [1.29, 1.82) is 0 Å². The van der Waals surface area contributed by atoms with Gasteiger partial charge in [0.25, 0.3) is 0 Å². The van der Waals surface area contributed by atoms with Gasteiger partial charge in [0, 0.05) is 32.6 Å². The SMILES string of the molecule is CC1(C)c2ccccc2N(c2ccccc2)c2cc3c(=O)c4cccc5c(=O)c6ccccc6n(c3cc21)c54. The highest BCUT2D eigenvalue weighted by Crippen LogP contribution is 2.52. The summed E-state index contributed by atoms with van der Waals surface area (Å²) in [6, 6.07) is 36.2. The molecule has 186 valence electrons. The zero-order valence-electron chi connectivity index (χ0n) is 21.6. The number of nitrogens with zero attached hydrogens (tertiary/aromatic N) is 2. The molecule has 0 spiro atoms. The Kier molecular flexibility index (Phi) is 4.27. The van der Waals surface area contributed by atoms with Crippen LogP contribution >= 0.6 is 0 Å². The first-order valence-corrected chi connectivity index (χ1v) is 13.2. The number of benzene rings is 5. The van der Waals surface area contributed by atoms with Gasteiger partial charge in [-0.05, 0) is 65.7 Å². The van der Waals surface area contributed by atoms with E-state index in [9.17, 15) is 9.59 Å². The lowest BCUT2D eigenvalue weighted by Gasteiger charge is -2.42. The van der Waals surface area contributed by atoms with E-state index in [1.165, 1.54) is 5.56 Å². The number of hydrogen-bond acceptors (Lipinski definition) is 3. The highest BCUT2D eigenvalue weighted by molar-refractivity contribution is 6.08. The summed E-state index contributed by atoms with van der Waals surface area (Å²) in [5.74, 6) is 0. The van der Waals surface area contributed by atoms with Gasteiger partial charge in [0.15, 0.2) is 10.9 Å². The maximum absolute atomic E-state index is 14.1. The number of pyridine rings is 2. The van der Waals surface area contributed by atoms with Gasteiger partial charge in [-0.2, -0.15) is 0 Å². The van der Waals surface area contributed by atoms with E-state index in [1.807, 2.05) is 60.7 Å². The van der Waals surface area contributed by atoms with Crippen LogP contribution in [0.1, 0.15) is 25.0 Å². The second kappa shape index (κ2) is 7.55. The molecule has 0 atom stereocenters. The Morgan fingerprint density at radius 2 is 1.18 bits per heavy atom. The van der Waals surface area contributed by atoms with Crippen LogP contribution < -0.4 is 15.8 Å². The fourth-order valence-corrected chi connectivity index (χ4v) is 6.63. The van der Waals surface area contributed by atoms with Crippen LogP contribution in [0.25, 0.3) is 38.1 Å². The topological polar surface area (TPSA) is 41.8 Å². The molecule has 5 aromatic carbocycles. The molecule has 1 aliphatic rings. The molecule has 4 heteroatoms. The van der Waals surface area contributed by atoms with Crippen LogP contribution in [-0.4, -0.2) is 4.40 Å². The zero-order chi connectivity index (χ0) is 26.5. The first-order valence-electron chi connectivity index (χ1n) is 13.2. The molecule has 2 aromatic heterocycles. The Morgan fingerprint density at radius 3 is 1.97 bits per heavy atom. The van der Waals surface area contributed by atoms with E-state index in [-0.39, 0.29) is 16.3 Å². The Hall–Kier alpha value is -4.96. The highest BCUT2D eigenvalue weighted by Gasteiger charge is 2.37. The lowest BCUT2D eigenvalue weighted by molar-refractivity contribution is 0.632. The standard InChI is InChI=1S/C35H24N2O2/c1-35(2)26-16-7-9-18-29(26)36(21-11-4-3-5-12-21)31-19-25-30(20-27(31)35)37-28-17-8-6-13-22(28)33(38)23-14-10-15-24(32(23)37)34(25)39/h3-20H,1-2H3. The molecule has 0 amide bonds. The van der Waals surface area contributed by atoms with Crippen LogP contribution in [0.5, 0.6) is 0 Å². The zero-order valence-corrected chi connectivity index (χ0v) is 21.6. The fraction of sp³-hybridized carbons (Fsp3) is 0.0857. The first-order chi connectivity index (χ1) is 19.0. The summed E-state index contributed by atoms with van der Waals surface area (Å²) in [6.07, 6.45) is 0. The minimum Gasteiger partial charge on any atom is -0.310 e. The second-order valence-electron chi connectivity index (χ2n) is 10.9. The van der Waals surface area contributed by atoms with Crippen LogP contribution in [0.3, 0.4) is 0 Å². The molecule has 0 saturated carbocycles. The second-order valence-corrected chi connectivity index (χ2v) is 10.9. The number of hydrogen-bond donors (Lipinski definition) is 0. The van der Waals surface area contributed by atoms with Crippen molar-refractivity contribution in [2.24, 2.45) is 0 Å². The van der Waals surface area contributed by atoms with E-state index in [0.29, 0.717) is 27.1 Å². The lowest BCUT2D eigenvalue weighted by atomic mass is 9.73. The molecule has 0 bridgehead atoms. The van der Waals surface area contributed by atoms with Crippen molar-refractivity contribution in [3.8, 4) is 0 Å². The third kappa shape index (κ3) is 2.78. The number of rotatable bonds is 1. The first kappa shape index (κ1) is 22.1. The molecule has 0 N–H and O–H groups in total. The Morgan fingerprint density at radius 1 is 0.538 bits per heavy atom. The average Bonchev–Trinajstić information content (AvgIpc) is 2.97. The van der Waals surface area contributed by atoms with Gasteiger partial charge in [0.1, 0.15) is 0 Å². The normalized spacial score (nSPS) is 14.3. The predicted molar refractivity (Wildman–Crippen MR) is 160 cm³/mol. The Bertz CT molecular complexity index is 2250. The largest absolute Gasteiger partial charge is 0.310 e. The summed E-state index contributed by atoms with van der Waals surface area (Å²) in [4.78, 5) is 29.9. The molecule has 0 radical (unpaired) electrons. The maximum atomic E-state index is 14.1. The number of aromatic nitrogens is 1.